The van der Waals surface area contributed by atoms with Crippen LogP contribution in [-0.2, 0) is 19.5 Å². The van der Waals surface area contributed by atoms with Gasteiger partial charge < -0.3 is 16.6 Å². The Morgan fingerprint density at radius 3 is 2.00 bits per heavy atom. The van der Waals surface area contributed by atoms with Gasteiger partial charge >= 0.3 is 5.97 Å². The Bertz CT molecular complexity index is 324. The van der Waals surface area contributed by atoms with Crippen LogP contribution in [0.1, 0.15) is 42.5 Å². The zero-order chi connectivity index (χ0) is 11.8. The largest absolute Gasteiger partial charge is 0.507 e. The van der Waals surface area contributed by atoms with Gasteiger partial charge in [-0.25, -0.2) is 4.79 Å². The Morgan fingerprint density at radius 1 is 1.12 bits per heavy atom. The van der Waals surface area contributed by atoms with Crippen LogP contribution in [0.4, 0.5) is 0 Å². The number of carbonyl (C=O) groups is 1. The standard InChI is InChI=1S/C7H6O3.C6H11.Zn/c8-6-4-2-1-3-5(6)7(9)10;1-2-4-6-5-3-1;/h1-4,8H,(H,9,10);1H,2-6H2;/q;-1;. The van der Waals surface area contributed by atoms with Crippen LogP contribution in [0.2, 0.25) is 0 Å². The number of hydrogen-bond acceptors (Lipinski definition) is 2. The van der Waals surface area contributed by atoms with Crippen LogP contribution in [0.15, 0.2) is 24.3 Å². The smallest absolute Gasteiger partial charge is 0.339 e. The molecule has 1 aromatic carbocycles. The minimum Gasteiger partial charge on any atom is -0.507 e. The van der Waals surface area contributed by atoms with E-state index in [9.17, 15) is 4.79 Å². The summed E-state index contributed by atoms with van der Waals surface area (Å²) in [5.41, 5.74) is -0.0671. The Kier molecular flexibility index (Phi) is 8.70. The molecule has 0 unspecified atom stereocenters. The quantitative estimate of drug-likeness (QED) is 0.615. The van der Waals surface area contributed by atoms with Crippen LogP contribution in [0.25, 0.3) is 0 Å². The van der Waals surface area contributed by atoms with Gasteiger partial charge in [-0.1, -0.05) is 31.4 Å². The number of aromatic hydroxyl groups is 1. The van der Waals surface area contributed by atoms with Gasteiger partial charge in [0.05, 0.1) is 0 Å². The first-order chi connectivity index (χ1) is 7.72. The van der Waals surface area contributed by atoms with E-state index < -0.39 is 5.97 Å². The first-order valence-electron chi connectivity index (χ1n) is 5.55. The molecule has 0 heterocycles. The topological polar surface area (TPSA) is 57.5 Å². The Morgan fingerprint density at radius 2 is 1.71 bits per heavy atom. The van der Waals surface area contributed by atoms with Crippen LogP contribution in [0, 0.1) is 6.42 Å². The number of para-hydroxylation sites is 1. The number of aromatic carboxylic acids is 1. The molecule has 2 rings (SSSR count). The first-order valence-corrected chi connectivity index (χ1v) is 5.55. The van der Waals surface area contributed by atoms with Crippen molar-refractivity contribution < 1.29 is 34.5 Å². The molecule has 0 aromatic heterocycles. The summed E-state index contributed by atoms with van der Waals surface area (Å²) < 4.78 is 0. The van der Waals surface area contributed by atoms with E-state index in [4.69, 9.17) is 10.2 Å². The summed E-state index contributed by atoms with van der Waals surface area (Å²) in [5, 5.41) is 17.3. The fourth-order valence-corrected chi connectivity index (χ4v) is 1.55. The number of hydrogen-bond donors (Lipinski definition) is 2. The maximum atomic E-state index is 10.3. The normalized spacial score (nSPS) is 13.9. The van der Waals surface area contributed by atoms with E-state index in [0.29, 0.717) is 0 Å². The third-order valence-electron chi connectivity index (χ3n) is 2.45. The predicted molar refractivity (Wildman–Crippen MR) is 62.5 cm³/mol. The zero-order valence-electron chi connectivity index (χ0n) is 9.93. The monoisotopic (exact) mass is 285 g/mol. The van der Waals surface area contributed by atoms with Gasteiger partial charge in [0.1, 0.15) is 11.3 Å². The van der Waals surface area contributed by atoms with Crippen molar-refractivity contribution in [2.75, 3.05) is 0 Å². The molecule has 1 aromatic rings. The second kappa shape index (κ2) is 9.18. The van der Waals surface area contributed by atoms with Crippen molar-refractivity contribution in [3.05, 3.63) is 36.2 Å². The van der Waals surface area contributed by atoms with Gasteiger partial charge in [0.15, 0.2) is 0 Å². The number of phenols is 1. The molecule has 1 fully saturated rings. The number of benzene rings is 1. The van der Waals surface area contributed by atoms with E-state index in [1.807, 2.05) is 0 Å². The van der Waals surface area contributed by atoms with Crippen molar-refractivity contribution in [2.24, 2.45) is 0 Å². The zero-order valence-corrected chi connectivity index (χ0v) is 12.9. The van der Waals surface area contributed by atoms with Crippen LogP contribution in [-0.4, -0.2) is 16.2 Å². The average molecular weight is 287 g/mol. The van der Waals surface area contributed by atoms with Crippen molar-refractivity contribution in [3.8, 4) is 5.75 Å². The molecule has 1 saturated carbocycles. The van der Waals surface area contributed by atoms with Crippen molar-refractivity contribution in [2.45, 2.75) is 32.1 Å². The van der Waals surface area contributed by atoms with E-state index in [1.54, 1.807) is 12.1 Å². The van der Waals surface area contributed by atoms with Crippen LogP contribution < -0.4 is 0 Å². The summed E-state index contributed by atoms with van der Waals surface area (Å²) in [5.74, 6) is -1.31. The Labute approximate surface area is 115 Å². The van der Waals surface area contributed by atoms with Gasteiger partial charge in [-0.2, -0.15) is 12.8 Å². The van der Waals surface area contributed by atoms with Crippen LogP contribution in [0.3, 0.4) is 0 Å². The molecule has 2 N–H and O–H groups in total. The van der Waals surface area contributed by atoms with Crippen molar-refractivity contribution >= 4 is 5.97 Å². The summed E-state index contributed by atoms with van der Waals surface area (Å²) in [6, 6.07) is 5.81. The molecular formula is C13H17O3Zn-. The molecule has 4 heteroatoms. The van der Waals surface area contributed by atoms with E-state index in [2.05, 4.69) is 6.42 Å². The molecule has 0 bridgehead atoms. The number of carboxylic acids is 1. The summed E-state index contributed by atoms with van der Waals surface area (Å²) in [4.78, 5) is 10.3. The van der Waals surface area contributed by atoms with E-state index in [-0.39, 0.29) is 30.8 Å². The van der Waals surface area contributed by atoms with Crippen LogP contribution in [0.5, 0.6) is 5.75 Å². The summed E-state index contributed by atoms with van der Waals surface area (Å²) in [6.07, 6.45) is 9.50. The molecule has 0 spiro atoms. The number of carboxylic acid groups (broad SMARTS) is 1. The van der Waals surface area contributed by atoms with Gasteiger partial charge in [-0.3, -0.25) is 0 Å². The van der Waals surface area contributed by atoms with E-state index >= 15 is 0 Å². The summed E-state index contributed by atoms with van der Waals surface area (Å²) >= 11 is 0. The van der Waals surface area contributed by atoms with Gasteiger partial charge in [0, 0.05) is 19.5 Å². The average Bonchev–Trinajstić information content (AvgIpc) is 2.32. The van der Waals surface area contributed by atoms with Crippen molar-refractivity contribution in [1.29, 1.82) is 0 Å². The second-order valence-corrected chi connectivity index (χ2v) is 3.75. The molecule has 0 saturated heterocycles. The molecule has 0 atom stereocenters. The van der Waals surface area contributed by atoms with Crippen LogP contribution >= 0.6 is 0 Å². The molecule has 0 radical (unpaired) electrons. The molecule has 0 amide bonds. The summed E-state index contributed by atoms with van der Waals surface area (Å²) in [7, 11) is 0. The van der Waals surface area contributed by atoms with Gasteiger partial charge in [-0.05, 0) is 12.1 Å². The first kappa shape index (κ1) is 16.1. The van der Waals surface area contributed by atoms with Gasteiger partial charge in [0.2, 0.25) is 0 Å². The molecule has 17 heavy (non-hydrogen) atoms. The van der Waals surface area contributed by atoms with Gasteiger partial charge in [0.25, 0.3) is 0 Å². The molecule has 1 aliphatic carbocycles. The van der Waals surface area contributed by atoms with Crippen molar-refractivity contribution in [3.63, 3.8) is 0 Å². The third-order valence-corrected chi connectivity index (χ3v) is 2.45. The minimum atomic E-state index is -1.11. The Balaban J connectivity index is 0.000000316. The van der Waals surface area contributed by atoms with E-state index in [1.165, 1.54) is 44.2 Å². The maximum absolute atomic E-state index is 10.3. The summed E-state index contributed by atoms with van der Waals surface area (Å²) in [6.45, 7) is 0. The molecule has 90 valence electrons. The predicted octanol–water partition coefficient (Wildman–Crippen LogP) is 3.24. The fraction of sp³-hybridized carbons (Fsp3) is 0.385. The maximum Gasteiger partial charge on any atom is 0.339 e. The second-order valence-electron chi connectivity index (χ2n) is 3.75. The number of rotatable bonds is 1. The van der Waals surface area contributed by atoms with E-state index in [0.717, 1.165) is 0 Å². The fourth-order valence-electron chi connectivity index (χ4n) is 1.55. The SMILES string of the molecule is O=C(O)c1ccccc1O.[CH-]1CCCCC1.[Zn]. The molecule has 1 aliphatic rings. The van der Waals surface area contributed by atoms with Gasteiger partial charge in [-0.15, -0.1) is 0 Å². The molecule has 0 aliphatic heterocycles. The van der Waals surface area contributed by atoms with Crippen molar-refractivity contribution in [1.82, 2.24) is 0 Å². The molecular weight excluding hydrogens is 270 g/mol. The third kappa shape index (κ3) is 6.42. The minimum absolute atomic E-state index is 0. The molecule has 3 nitrogen and oxygen atoms in total. The Hall–Kier alpha value is -0.887.